The summed E-state index contributed by atoms with van der Waals surface area (Å²) in [7, 11) is 0. The number of para-hydroxylation sites is 1. The van der Waals surface area contributed by atoms with E-state index in [9.17, 15) is 4.79 Å². The van der Waals surface area contributed by atoms with Gasteiger partial charge in [-0.05, 0) is 18.9 Å². The number of fused-ring (bicyclic) bond motifs is 1. The number of furan rings is 1. The lowest BCUT2D eigenvalue weighted by Gasteiger charge is -2.33. The van der Waals surface area contributed by atoms with Gasteiger partial charge in [-0.25, -0.2) is 0 Å². The van der Waals surface area contributed by atoms with Gasteiger partial charge in [0.2, 0.25) is 0 Å². The average Bonchev–Trinajstić information content (AvgIpc) is 3.33. The normalized spacial score (nSPS) is 17.5. The number of aryl methyl sites for hydroxylation is 1. The molecule has 0 bridgehead atoms. The van der Waals surface area contributed by atoms with Crippen LogP contribution in [0.15, 0.2) is 33.0 Å². The molecule has 1 aliphatic heterocycles. The highest BCUT2D eigenvalue weighted by Gasteiger charge is 2.24. The minimum absolute atomic E-state index is 0.0111. The van der Waals surface area contributed by atoms with E-state index in [1.807, 2.05) is 31.2 Å². The second-order valence-electron chi connectivity index (χ2n) is 8.14. The molecule has 9 heteroatoms. The van der Waals surface area contributed by atoms with Gasteiger partial charge in [0.15, 0.2) is 10.1 Å². The highest BCUT2D eigenvalue weighted by Crippen LogP contribution is 2.33. The summed E-state index contributed by atoms with van der Waals surface area (Å²) in [5.74, 6) is 1.37. The van der Waals surface area contributed by atoms with Gasteiger partial charge in [-0.2, -0.15) is 0 Å². The van der Waals surface area contributed by atoms with E-state index in [-0.39, 0.29) is 12.0 Å². The van der Waals surface area contributed by atoms with Gasteiger partial charge in [-0.3, -0.25) is 9.69 Å². The van der Waals surface area contributed by atoms with Crippen LogP contribution in [0.25, 0.3) is 11.0 Å². The lowest BCUT2D eigenvalue weighted by molar-refractivity contribution is -0.0296. The maximum atomic E-state index is 13.0. The number of carbonyl (C=O) groups is 1. The van der Waals surface area contributed by atoms with Crippen LogP contribution in [0.5, 0.6) is 0 Å². The monoisotopic (exact) mass is 460 g/mol. The van der Waals surface area contributed by atoms with Crippen molar-refractivity contribution in [3.05, 3.63) is 40.6 Å². The fraction of sp³-hybridized carbons (Fsp3) is 0.500. The molecule has 1 amide bonds. The molecule has 4 rings (SSSR count). The predicted molar refractivity (Wildman–Crippen MR) is 124 cm³/mol. The topological polar surface area (TPSA) is 80.5 Å². The molecule has 166 valence electrons. The number of aromatic nitrogens is 2. The molecule has 7 nitrogen and oxygen atoms in total. The zero-order valence-electron chi connectivity index (χ0n) is 18.1. The Morgan fingerprint density at radius 1 is 1.35 bits per heavy atom. The molecule has 2 aromatic heterocycles. The van der Waals surface area contributed by atoms with Crippen LogP contribution in [0.4, 0.5) is 0 Å². The van der Waals surface area contributed by atoms with E-state index >= 15 is 0 Å². The van der Waals surface area contributed by atoms with Crippen LogP contribution in [0.3, 0.4) is 0 Å². The number of hydrogen-bond donors (Lipinski definition) is 1. The number of nitrogens with zero attached hydrogens (tertiary/aromatic N) is 3. The van der Waals surface area contributed by atoms with Gasteiger partial charge in [-0.1, -0.05) is 55.1 Å². The van der Waals surface area contributed by atoms with E-state index < -0.39 is 0 Å². The summed E-state index contributed by atoms with van der Waals surface area (Å²) in [5.41, 5.74) is 1.60. The summed E-state index contributed by atoms with van der Waals surface area (Å²) in [6, 6.07) is 7.76. The molecule has 1 saturated heterocycles. The standard InChI is InChI=1S/C22H28N4O3S2/c1-14(2)11-26-8-9-28-16(12-26)10-23-21(27)20-18(13-30-22-25-24-15(3)31-22)17-6-4-5-7-19(17)29-20/h4-7,14,16H,8-13H2,1-3H3,(H,23,27). The Bertz CT molecular complexity index is 1030. The van der Waals surface area contributed by atoms with Crippen molar-refractivity contribution in [1.82, 2.24) is 20.4 Å². The molecule has 1 fully saturated rings. The zero-order chi connectivity index (χ0) is 21.8. The van der Waals surface area contributed by atoms with Crippen LogP contribution in [-0.4, -0.2) is 59.9 Å². The summed E-state index contributed by atoms with van der Waals surface area (Å²) >= 11 is 3.12. The summed E-state index contributed by atoms with van der Waals surface area (Å²) in [4.78, 5) is 15.4. The van der Waals surface area contributed by atoms with Crippen molar-refractivity contribution >= 4 is 40.0 Å². The first-order chi connectivity index (χ1) is 15.0. The van der Waals surface area contributed by atoms with E-state index in [0.717, 1.165) is 39.9 Å². The highest BCUT2D eigenvalue weighted by atomic mass is 32.2. The van der Waals surface area contributed by atoms with Gasteiger partial charge in [0.1, 0.15) is 10.6 Å². The van der Waals surface area contributed by atoms with Crippen LogP contribution in [-0.2, 0) is 10.5 Å². The van der Waals surface area contributed by atoms with Crippen LogP contribution in [0.1, 0.15) is 35.0 Å². The molecule has 1 atom stereocenters. The first kappa shape index (κ1) is 22.3. The number of thioether (sulfide) groups is 1. The number of nitrogens with one attached hydrogen (secondary N) is 1. The fourth-order valence-corrected chi connectivity index (χ4v) is 5.61. The van der Waals surface area contributed by atoms with E-state index in [0.29, 0.717) is 36.2 Å². The number of carbonyl (C=O) groups excluding carboxylic acids is 1. The van der Waals surface area contributed by atoms with Crippen molar-refractivity contribution in [2.45, 2.75) is 37.0 Å². The predicted octanol–water partition coefficient (Wildman–Crippen LogP) is 3.97. The molecular weight excluding hydrogens is 432 g/mol. The molecule has 1 unspecified atom stereocenters. The SMILES string of the molecule is Cc1nnc(SCc2c(C(=O)NCC3CN(CC(C)C)CCO3)oc3ccccc23)s1. The fourth-order valence-electron chi connectivity index (χ4n) is 3.77. The summed E-state index contributed by atoms with van der Waals surface area (Å²) in [5, 5.41) is 13.2. The van der Waals surface area contributed by atoms with Crippen molar-refractivity contribution in [3.8, 4) is 0 Å². The van der Waals surface area contributed by atoms with Gasteiger partial charge in [0.25, 0.3) is 5.91 Å². The molecule has 0 radical (unpaired) electrons. The van der Waals surface area contributed by atoms with Gasteiger partial charge in [0.05, 0.1) is 12.7 Å². The molecule has 3 aromatic rings. The van der Waals surface area contributed by atoms with E-state index in [4.69, 9.17) is 9.15 Å². The Morgan fingerprint density at radius 3 is 2.97 bits per heavy atom. The molecule has 0 spiro atoms. The molecule has 1 N–H and O–H groups in total. The second kappa shape index (κ2) is 10.1. The number of morpholine rings is 1. The van der Waals surface area contributed by atoms with E-state index in [2.05, 4.69) is 34.3 Å². The van der Waals surface area contributed by atoms with Crippen LogP contribution >= 0.6 is 23.1 Å². The maximum Gasteiger partial charge on any atom is 0.287 e. The number of rotatable bonds is 8. The average molecular weight is 461 g/mol. The Balaban J connectivity index is 1.44. The van der Waals surface area contributed by atoms with Gasteiger partial charge in [0, 0.05) is 42.9 Å². The van der Waals surface area contributed by atoms with Crippen molar-refractivity contribution in [3.63, 3.8) is 0 Å². The smallest absolute Gasteiger partial charge is 0.287 e. The summed E-state index contributed by atoms with van der Waals surface area (Å²) < 4.78 is 12.7. The molecule has 31 heavy (non-hydrogen) atoms. The largest absolute Gasteiger partial charge is 0.451 e. The van der Waals surface area contributed by atoms with Gasteiger partial charge < -0.3 is 14.5 Å². The maximum absolute atomic E-state index is 13.0. The quantitative estimate of drug-likeness (QED) is 0.510. The first-order valence-electron chi connectivity index (χ1n) is 10.5. The molecule has 0 aliphatic carbocycles. The number of amides is 1. The lowest BCUT2D eigenvalue weighted by atomic mass is 10.1. The molecule has 0 saturated carbocycles. The van der Waals surface area contributed by atoms with Crippen LogP contribution in [0, 0.1) is 12.8 Å². The molecule has 1 aliphatic rings. The third-order valence-electron chi connectivity index (χ3n) is 5.09. The third-order valence-corrected chi connectivity index (χ3v) is 7.09. The molecule has 3 heterocycles. The number of benzene rings is 1. The first-order valence-corrected chi connectivity index (χ1v) is 12.3. The summed E-state index contributed by atoms with van der Waals surface area (Å²) in [6.45, 7) is 10.4. The Hall–Kier alpha value is -1.94. The Morgan fingerprint density at radius 2 is 2.19 bits per heavy atom. The minimum Gasteiger partial charge on any atom is -0.451 e. The molecular formula is C22H28N4O3S2. The van der Waals surface area contributed by atoms with Gasteiger partial charge in [-0.15, -0.1) is 10.2 Å². The highest BCUT2D eigenvalue weighted by molar-refractivity contribution is 8.00. The number of ether oxygens (including phenoxy) is 1. The Labute approximate surface area is 190 Å². The van der Waals surface area contributed by atoms with Crippen LogP contribution in [0.2, 0.25) is 0 Å². The second-order valence-corrected chi connectivity index (χ2v) is 10.5. The van der Waals surface area contributed by atoms with Crippen LogP contribution < -0.4 is 5.32 Å². The minimum atomic E-state index is -0.204. The third kappa shape index (κ3) is 5.65. The lowest BCUT2D eigenvalue weighted by Crippen LogP contribution is -2.48. The van der Waals surface area contributed by atoms with Crippen molar-refractivity contribution in [1.29, 1.82) is 0 Å². The van der Waals surface area contributed by atoms with E-state index in [1.54, 1.807) is 23.1 Å². The van der Waals surface area contributed by atoms with Gasteiger partial charge >= 0.3 is 0 Å². The summed E-state index contributed by atoms with van der Waals surface area (Å²) in [6.07, 6.45) is -0.0111. The van der Waals surface area contributed by atoms with Crippen molar-refractivity contribution in [2.75, 3.05) is 32.8 Å². The Kier molecular flexibility index (Phi) is 7.27. The molecule has 1 aromatic carbocycles. The van der Waals surface area contributed by atoms with Crippen molar-refractivity contribution < 1.29 is 13.9 Å². The zero-order valence-corrected chi connectivity index (χ0v) is 19.7. The van der Waals surface area contributed by atoms with Crippen molar-refractivity contribution in [2.24, 2.45) is 5.92 Å². The van der Waals surface area contributed by atoms with E-state index in [1.165, 1.54) is 0 Å². The number of hydrogen-bond acceptors (Lipinski definition) is 8.